The van der Waals surface area contributed by atoms with Crippen molar-refractivity contribution in [2.75, 3.05) is 7.11 Å². The van der Waals surface area contributed by atoms with E-state index >= 15 is 0 Å². The summed E-state index contributed by atoms with van der Waals surface area (Å²) >= 11 is 5.85. The fraction of sp³-hybridized carbons (Fsp3) is 0.111. The number of aromatic nitrogens is 2. The van der Waals surface area contributed by atoms with E-state index in [0.717, 1.165) is 0 Å². The first-order valence-corrected chi connectivity index (χ1v) is 4.49. The number of rotatable bonds is 1. The van der Waals surface area contributed by atoms with E-state index < -0.39 is 11.2 Å². The highest BCUT2D eigenvalue weighted by molar-refractivity contribution is 6.32. The minimum Gasteiger partial charge on any atom is -0.495 e. The summed E-state index contributed by atoms with van der Waals surface area (Å²) in [7, 11) is 1.46. The molecule has 78 valence electrons. The van der Waals surface area contributed by atoms with Gasteiger partial charge in [0.15, 0.2) is 0 Å². The van der Waals surface area contributed by atoms with Gasteiger partial charge in [-0.15, -0.1) is 0 Å². The molecule has 1 heterocycles. The van der Waals surface area contributed by atoms with Crippen molar-refractivity contribution in [1.29, 1.82) is 0 Å². The van der Waals surface area contributed by atoms with E-state index in [4.69, 9.17) is 16.3 Å². The summed E-state index contributed by atoms with van der Waals surface area (Å²) in [5, 5.41) is 0.642. The lowest BCUT2D eigenvalue weighted by Gasteiger charge is -2.03. The third kappa shape index (κ3) is 1.61. The van der Waals surface area contributed by atoms with Gasteiger partial charge in [-0.2, -0.15) is 0 Å². The first kappa shape index (κ1) is 9.79. The second kappa shape index (κ2) is 3.43. The monoisotopic (exact) mass is 226 g/mol. The van der Waals surface area contributed by atoms with E-state index in [9.17, 15) is 9.59 Å². The summed E-state index contributed by atoms with van der Waals surface area (Å²) in [6.45, 7) is 0. The zero-order valence-corrected chi connectivity index (χ0v) is 8.51. The van der Waals surface area contributed by atoms with Gasteiger partial charge in [0.05, 0.1) is 23.0 Å². The smallest absolute Gasteiger partial charge is 0.326 e. The molecule has 0 radical (unpaired) electrons. The molecule has 15 heavy (non-hydrogen) atoms. The fourth-order valence-electron chi connectivity index (χ4n) is 1.33. The number of hydrogen-bond acceptors (Lipinski definition) is 3. The van der Waals surface area contributed by atoms with Crippen molar-refractivity contribution in [2.45, 2.75) is 0 Å². The minimum atomic E-state index is -0.558. The van der Waals surface area contributed by atoms with Gasteiger partial charge in [0.2, 0.25) is 0 Å². The van der Waals surface area contributed by atoms with Crippen LogP contribution in [0.3, 0.4) is 0 Å². The predicted molar refractivity (Wildman–Crippen MR) is 56.8 cm³/mol. The van der Waals surface area contributed by atoms with Gasteiger partial charge in [0.1, 0.15) is 5.75 Å². The van der Waals surface area contributed by atoms with E-state index in [0.29, 0.717) is 21.7 Å². The summed E-state index contributed by atoms with van der Waals surface area (Å²) in [6.07, 6.45) is 0. The van der Waals surface area contributed by atoms with Crippen molar-refractivity contribution in [3.05, 3.63) is 38.0 Å². The molecule has 6 heteroatoms. The highest BCUT2D eigenvalue weighted by atomic mass is 35.5. The average Bonchev–Trinajstić information content (AvgIpc) is 2.18. The molecule has 0 atom stereocenters. The lowest BCUT2D eigenvalue weighted by atomic mass is 10.2. The van der Waals surface area contributed by atoms with Crippen molar-refractivity contribution in [1.82, 2.24) is 9.97 Å². The molecule has 1 aromatic carbocycles. The maximum absolute atomic E-state index is 11.4. The molecule has 0 aliphatic carbocycles. The summed E-state index contributed by atoms with van der Waals surface area (Å²) < 4.78 is 4.97. The van der Waals surface area contributed by atoms with E-state index in [1.807, 2.05) is 0 Å². The lowest BCUT2D eigenvalue weighted by Crippen LogP contribution is -2.21. The van der Waals surface area contributed by atoms with Crippen LogP contribution in [0.25, 0.3) is 10.9 Å². The topological polar surface area (TPSA) is 75.0 Å². The summed E-state index contributed by atoms with van der Waals surface area (Å²) in [4.78, 5) is 27.0. The molecule has 1 aromatic heterocycles. The number of methoxy groups -OCH3 is 1. The predicted octanol–water partition coefficient (Wildman–Crippen LogP) is 0.878. The van der Waals surface area contributed by atoms with Crippen molar-refractivity contribution in [3.8, 4) is 5.75 Å². The Kier molecular flexibility index (Phi) is 2.24. The van der Waals surface area contributed by atoms with Gasteiger partial charge in [0, 0.05) is 6.07 Å². The minimum absolute atomic E-state index is 0.320. The van der Waals surface area contributed by atoms with Gasteiger partial charge in [-0.25, -0.2) is 4.79 Å². The molecule has 0 unspecified atom stereocenters. The maximum atomic E-state index is 11.4. The third-order valence-corrected chi connectivity index (χ3v) is 2.31. The number of fused-ring (bicyclic) bond motifs is 1. The van der Waals surface area contributed by atoms with E-state index in [-0.39, 0.29) is 0 Å². The number of ether oxygens (including phenoxy) is 1. The molecule has 0 fully saturated rings. The summed E-state index contributed by atoms with van der Waals surface area (Å²) in [5.41, 5.74) is -0.639. The Morgan fingerprint density at radius 2 is 2.00 bits per heavy atom. The van der Waals surface area contributed by atoms with Crippen LogP contribution in [0.15, 0.2) is 21.7 Å². The van der Waals surface area contributed by atoms with Crippen LogP contribution >= 0.6 is 11.6 Å². The Balaban J connectivity index is 2.93. The van der Waals surface area contributed by atoms with Crippen molar-refractivity contribution < 1.29 is 4.74 Å². The number of nitrogens with one attached hydrogen (secondary N) is 2. The van der Waals surface area contributed by atoms with E-state index in [1.54, 1.807) is 0 Å². The van der Waals surface area contributed by atoms with Gasteiger partial charge in [0.25, 0.3) is 5.56 Å². The van der Waals surface area contributed by atoms with Crippen LogP contribution in [0.1, 0.15) is 0 Å². The highest BCUT2D eigenvalue weighted by Crippen LogP contribution is 2.26. The van der Waals surface area contributed by atoms with Crippen LogP contribution < -0.4 is 16.0 Å². The Morgan fingerprint density at radius 1 is 1.27 bits per heavy atom. The average molecular weight is 227 g/mol. The molecule has 0 amide bonds. The number of halogens is 1. The number of benzene rings is 1. The molecule has 0 spiro atoms. The second-order valence-corrected chi connectivity index (χ2v) is 3.35. The second-order valence-electron chi connectivity index (χ2n) is 2.94. The van der Waals surface area contributed by atoms with Crippen LogP contribution in [0, 0.1) is 0 Å². The molecule has 0 saturated carbocycles. The van der Waals surface area contributed by atoms with Crippen LogP contribution in [0.4, 0.5) is 0 Å². The van der Waals surface area contributed by atoms with Crippen LogP contribution in [-0.4, -0.2) is 17.1 Å². The van der Waals surface area contributed by atoms with Crippen molar-refractivity contribution in [3.63, 3.8) is 0 Å². The normalized spacial score (nSPS) is 10.5. The zero-order valence-electron chi connectivity index (χ0n) is 7.76. The molecular formula is C9H7ClN2O3. The Labute approximate surface area is 88.7 Å². The van der Waals surface area contributed by atoms with Gasteiger partial charge >= 0.3 is 5.69 Å². The van der Waals surface area contributed by atoms with Crippen molar-refractivity contribution in [2.24, 2.45) is 0 Å². The molecule has 0 aliphatic rings. The third-order valence-electron chi connectivity index (χ3n) is 2.01. The molecule has 0 saturated heterocycles. The molecule has 5 nitrogen and oxygen atoms in total. The highest BCUT2D eigenvalue weighted by Gasteiger charge is 2.06. The van der Waals surface area contributed by atoms with Crippen molar-refractivity contribution >= 4 is 22.5 Å². The molecule has 0 aliphatic heterocycles. The Morgan fingerprint density at radius 3 is 2.67 bits per heavy atom. The van der Waals surface area contributed by atoms with Gasteiger partial charge in [-0.3, -0.25) is 9.78 Å². The quantitative estimate of drug-likeness (QED) is 0.758. The van der Waals surface area contributed by atoms with E-state index in [2.05, 4.69) is 9.97 Å². The number of hydrogen-bond donors (Lipinski definition) is 2. The summed E-state index contributed by atoms with van der Waals surface area (Å²) in [6, 6.07) is 2.96. The molecule has 0 bridgehead atoms. The number of H-pyrrole nitrogens is 2. The molecular weight excluding hydrogens is 220 g/mol. The summed E-state index contributed by atoms with van der Waals surface area (Å²) in [5.74, 6) is 0.408. The van der Waals surface area contributed by atoms with Gasteiger partial charge in [-0.05, 0) is 6.07 Å². The van der Waals surface area contributed by atoms with Gasteiger partial charge in [-0.1, -0.05) is 11.6 Å². The first-order valence-electron chi connectivity index (χ1n) is 4.11. The maximum Gasteiger partial charge on any atom is 0.326 e. The Hall–Kier alpha value is -1.75. The van der Waals surface area contributed by atoms with Crippen LogP contribution in [0.5, 0.6) is 5.75 Å². The molecule has 2 rings (SSSR count). The zero-order chi connectivity index (χ0) is 11.0. The number of aromatic amines is 2. The van der Waals surface area contributed by atoms with Crippen LogP contribution in [-0.2, 0) is 0 Å². The lowest BCUT2D eigenvalue weighted by molar-refractivity contribution is 0.415. The van der Waals surface area contributed by atoms with Gasteiger partial charge < -0.3 is 9.72 Å². The first-order chi connectivity index (χ1) is 7.11. The molecule has 2 N–H and O–H groups in total. The van der Waals surface area contributed by atoms with E-state index in [1.165, 1.54) is 19.2 Å². The fourth-order valence-corrected chi connectivity index (χ4v) is 1.57. The standard InChI is InChI=1S/C9H7ClN2O3/c1-15-7-3-6-4(2-5(7)10)8(13)12-9(14)11-6/h2-3H,1H3,(H2,11,12,13,14). The SMILES string of the molecule is COc1cc2[nH]c(=O)[nH]c(=O)c2cc1Cl. The van der Waals surface area contributed by atoms with Crippen LogP contribution in [0.2, 0.25) is 5.02 Å². The molecule has 2 aromatic rings. The Bertz CT molecular complexity index is 629. The largest absolute Gasteiger partial charge is 0.495 e.